The summed E-state index contributed by atoms with van der Waals surface area (Å²) in [5.41, 5.74) is 3.19. The number of hydrogen-bond acceptors (Lipinski definition) is 2. The van der Waals surface area contributed by atoms with Crippen LogP contribution in [0.25, 0.3) is 16.9 Å². The van der Waals surface area contributed by atoms with Crippen LogP contribution in [0.15, 0.2) is 60.8 Å². The summed E-state index contributed by atoms with van der Waals surface area (Å²) in [6, 6.07) is 16.9. The molecule has 0 fully saturated rings. The molecule has 0 aliphatic heterocycles. The highest BCUT2D eigenvalue weighted by molar-refractivity contribution is 6.30. The number of aliphatic carboxylic acids is 1. The van der Waals surface area contributed by atoms with Crippen LogP contribution in [0.3, 0.4) is 0 Å². The monoisotopic (exact) mass is 312 g/mol. The van der Waals surface area contributed by atoms with Crippen molar-refractivity contribution >= 4 is 17.6 Å². The van der Waals surface area contributed by atoms with Crippen LogP contribution in [-0.4, -0.2) is 20.9 Å². The molecule has 2 aromatic carbocycles. The highest BCUT2D eigenvalue weighted by atomic mass is 35.5. The number of carboxylic acid groups (broad SMARTS) is 1. The Morgan fingerprint density at radius 3 is 2.41 bits per heavy atom. The zero-order valence-electron chi connectivity index (χ0n) is 11.6. The van der Waals surface area contributed by atoms with Gasteiger partial charge in [0.25, 0.3) is 0 Å². The molecule has 4 nitrogen and oxygen atoms in total. The Balaban J connectivity index is 2.17. The topological polar surface area (TPSA) is 55.1 Å². The first kappa shape index (κ1) is 14.4. The molecule has 0 saturated carbocycles. The van der Waals surface area contributed by atoms with Crippen molar-refractivity contribution in [2.75, 3.05) is 0 Å². The van der Waals surface area contributed by atoms with Gasteiger partial charge in [-0.15, -0.1) is 0 Å². The lowest BCUT2D eigenvalue weighted by Crippen LogP contribution is -2.03. The van der Waals surface area contributed by atoms with Crippen molar-refractivity contribution in [3.63, 3.8) is 0 Å². The molecule has 0 aliphatic carbocycles. The number of rotatable bonds is 4. The smallest absolute Gasteiger partial charge is 0.307 e. The van der Waals surface area contributed by atoms with Crippen LogP contribution in [0.4, 0.5) is 0 Å². The average Bonchev–Trinajstić information content (AvgIpc) is 2.92. The third-order valence-electron chi connectivity index (χ3n) is 3.31. The Morgan fingerprint density at radius 1 is 1.09 bits per heavy atom. The van der Waals surface area contributed by atoms with E-state index in [-0.39, 0.29) is 6.42 Å². The third kappa shape index (κ3) is 2.87. The summed E-state index contributed by atoms with van der Waals surface area (Å²) < 4.78 is 1.75. The van der Waals surface area contributed by atoms with Gasteiger partial charge in [-0.2, -0.15) is 5.10 Å². The van der Waals surface area contributed by atoms with Crippen molar-refractivity contribution in [3.8, 4) is 16.9 Å². The number of aromatic nitrogens is 2. The second-order valence-electron chi connectivity index (χ2n) is 4.84. The Kier molecular flexibility index (Phi) is 3.94. The molecule has 0 saturated heterocycles. The fourth-order valence-corrected chi connectivity index (χ4v) is 2.48. The molecule has 0 radical (unpaired) electrons. The first-order chi connectivity index (χ1) is 10.6. The van der Waals surface area contributed by atoms with Crippen molar-refractivity contribution in [2.24, 2.45) is 0 Å². The third-order valence-corrected chi connectivity index (χ3v) is 3.56. The molecule has 3 aromatic rings. The van der Waals surface area contributed by atoms with Gasteiger partial charge in [0.1, 0.15) is 0 Å². The number of hydrogen-bond donors (Lipinski definition) is 1. The quantitative estimate of drug-likeness (QED) is 0.796. The highest BCUT2D eigenvalue weighted by Gasteiger charge is 2.16. The average molecular weight is 313 g/mol. The van der Waals surface area contributed by atoms with E-state index in [1.165, 1.54) is 0 Å². The maximum atomic E-state index is 11.1. The van der Waals surface area contributed by atoms with Gasteiger partial charge in [0.2, 0.25) is 0 Å². The number of benzene rings is 2. The van der Waals surface area contributed by atoms with E-state index >= 15 is 0 Å². The van der Waals surface area contributed by atoms with Gasteiger partial charge in [0.05, 0.1) is 24.0 Å². The second-order valence-corrected chi connectivity index (χ2v) is 5.28. The minimum absolute atomic E-state index is 0.0786. The van der Waals surface area contributed by atoms with E-state index in [1.807, 2.05) is 42.5 Å². The van der Waals surface area contributed by atoms with Gasteiger partial charge in [-0.1, -0.05) is 41.9 Å². The lowest BCUT2D eigenvalue weighted by Gasteiger charge is -2.09. The van der Waals surface area contributed by atoms with E-state index in [4.69, 9.17) is 16.7 Å². The van der Waals surface area contributed by atoms with Crippen LogP contribution < -0.4 is 0 Å². The maximum absolute atomic E-state index is 11.1. The fraction of sp³-hybridized carbons (Fsp3) is 0.0588. The molecule has 0 amide bonds. The van der Waals surface area contributed by atoms with Gasteiger partial charge in [-0.3, -0.25) is 4.79 Å². The molecule has 0 bridgehead atoms. The predicted octanol–water partition coefficient (Wildman–Crippen LogP) is 3.82. The SMILES string of the molecule is O=C(O)Cc1cnn(-c2ccccc2)c1-c1ccc(Cl)cc1. The first-order valence-electron chi connectivity index (χ1n) is 6.75. The number of halogens is 1. The van der Waals surface area contributed by atoms with Crippen molar-refractivity contribution in [1.82, 2.24) is 9.78 Å². The Bertz CT molecular complexity index is 795. The molecular formula is C17H13ClN2O2. The van der Waals surface area contributed by atoms with Gasteiger partial charge in [-0.05, 0) is 24.3 Å². The summed E-state index contributed by atoms with van der Waals surface area (Å²) in [5, 5.41) is 14.1. The molecule has 110 valence electrons. The standard InChI is InChI=1S/C17H13ClN2O2/c18-14-8-6-12(7-9-14)17-13(10-16(21)22)11-19-20(17)15-4-2-1-3-5-15/h1-9,11H,10H2,(H,21,22). The van der Waals surface area contributed by atoms with Crippen molar-refractivity contribution in [1.29, 1.82) is 0 Å². The summed E-state index contributed by atoms with van der Waals surface area (Å²) >= 11 is 5.94. The second kappa shape index (κ2) is 6.03. The van der Waals surface area contributed by atoms with E-state index < -0.39 is 5.97 Å². The Morgan fingerprint density at radius 2 is 1.77 bits per heavy atom. The Labute approximate surface area is 132 Å². The number of carbonyl (C=O) groups is 1. The summed E-state index contributed by atoms with van der Waals surface area (Å²) in [5.74, 6) is -0.886. The van der Waals surface area contributed by atoms with E-state index in [9.17, 15) is 4.79 Å². The molecule has 1 N–H and O–H groups in total. The number of nitrogens with zero attached hydrogens (tertiary/aromatic N) is 2. The zero-order chi connectivity index (χ0) is 15.5. The number of para-hydroxylation sites is 1. The van der Waals surface area contributed by atoms with Crippen LogP contribution in [0.1, 0.15) is 5.56 Å². The van der Waals surface area contributed by atoms with Gasteiger partial charge in [0.15, 0.2) is 0 Å². The molecule has 22 heavy (non-hydrogen) atoms. The predicted molar refractivity (Wildman–Crippen MR) is 85.3 cm³/mol. The first-order valence-corrected chi connectivity index (χ1v) is 7.13. The largest absolute Gasteiger partial charge is 0.481 e. The molecule has 1 heterocycles. The lowest BCUT2D eigenvalue weighted by atomic mass is 10.1. The van der Waals surface area contributed by atoms with Crippen LogP contribution in [0, 0.1) is 0 Å². The molecule has 0 unspecified atom stereocenters. The summed E-state index contributed by atoms with van der Waals surface area (Å²) in [4.78, 5) is 11.1. The highest BCUT2D eigenvalue weighted by Crippen LogP contribution is 2.28. The fourth-order valence-electron chi connectivity index (χ4n) is 2.36. The summed E-state index contributed by atoms with van der Waals surface area (Å²) in [6.45, 7) is 0. The lowest BCUT2D eigenvalue weighted by molar-refractivity contribution is -0.136. The van der Waals surface area contributed by atoms with E-state index in [2.05, 4.69) is 5.10 Å². The molecule has 0 spiro atoms. The van der Waals surface area contributed by atoms with Crippen molar-refractivity contribution in [2.45, 2.75) is 6.42 Å². The zero-order valence-corrected chi connectivity index (χ0v) is 12.4. The van der Waals surface area contributed by atoms with Crippen LogP contribution in [-0.2, 0) is 11.2 Å². The van der Waals surface area contributed by atoms with Crippen LogP contribution in [0.5, 0.6) is 0 Å². The van der Waals surface area contributed by atoms with Gasteiger partial charge in [-0.25, -0.2) is 4.68 Å². The Hall–Kier alpha value is -2.59. The van der Waals surface area contributed by atoms with E-state index in [1.54, 1.807) is 23.0 Å². The number of carboxylic acids is 1. The van der Waals surface area contributed by atoms with Crippen LogP contribution in [0.2, 0.25) is 5.02 Å². The van der Waals surface area contributed by atoms with Gasteiger partial charge >= 0.3 is 5.97 Å². The molecule has 0 atom stereocenters. The summed E-state index contributed by atoms with van der Waals surface area (Å²) in [7, 11) is 0. The summed E-state index contributed by atoms with van der Waals surface area (Å²) in [6.07, 6.45) is 1.52. The maximum Gasteiger partial charge on any atom is 0.307 e. The molecule has 3 rings (SSSR count). The molecule has 1 aromatic heterocycles. The van der Waals surface area contributed by atoms with Crippen molar-refractivity contribution in [3.05, 3.63) is 71.4 Å². The minimum atomic E-state index is -0.886. The normalized spacial score (nSPS) is 10.6. The molecule has 0 aliphatic rings. The van der Waals surface area contributed by atoms with Gasteiger partial charge in [0, 0.05) is 16.1 Å². The van der Waals surface area contributed by atoms with E-state index in [0.717, 1.165) is 16.9 Å². The minimum Gasteiger partial charge on any atom is -0.481 e. The molecule has 5 heteroatoms. The van der Waals surface area contributed by atoms with E-state index in [0.29, 0.717) is 10.6 Å². The van der Waals surface area contributed by atoms with Crippen molar-refractivity contribution < 1.29 is 9.90 Å². The van der Waals surface area contributed by atoms with Gasteiger partial charge < -0.3 is 5.11 Å². The molecular weight excluding hydrogens is 300 g/mol. The van der Waals surface area contributed by atoms with Crippen LogP contribution >= 0.6 is 11.6 Å².